The molecule has 0 radical (unpaired) electrons. The number of esters is 1. The quantitative estimate of drug-likeness (QED) is 0.859. The topological polar surface area (TPSA) is 77.0 Å². The molecule has 1 spiro atoms. The standard InChI is InChI=1S/C18H14N2O4/c1-23-16(21)14-15(11-7-3-2-4-8-11)20-24-18(14)12-9-5-6-10-13(12)19-17(18)22/h2-10,14H,1H3,(H,19,22)/t14-,18+/m0/s1. The van der Waals surface area contributed by atoms with Crippen molar-refractivity contribution in [3.05, 3.63) is 65.7 Å². The Bertz CT molecular complexity index is 862. The van der Waals surface area contributed by atoms with E-state index in [-0.39, 0.29) is 0 Å². The van der Waals surface area contributed by atoms with Gasteiger partial charge in [-0.15, -0.1) is 0 Å². The molecule has 2 heterocycles. The van der Waals surface area contributed by atoms with Crippen molar-refractivity contribution in [1.29, 1.82) is 0 Å². The van der Waals surface area contributed by atoms with E-state index in [0.29, 0.717) is 22.5 Å². The Morgan fingerprint density at radius 1 is 1.17 bits per heavy atom. The highest BCUT2D eigenvalue weighted by atomic mass is 16.7. The number of hydrogen-bond donors (Lipinski definition) is 1. The number of fused-ring (bicyclic) bond motifs is 2. The molecular formula is C18H14N2O4. The number of anilines is 1. The Balaban J connectivity index is 1.89. The summed E-state index contributed by atoms with van der Waals surface area (Å²) in [4.78, 5) is 30.9. The number of rotatable bonds is 2. The Morgan fingerprint density at radius 2 is 1.88 bits per heavy atom. The number of carbonyl (C=O) groups is 2. The second-order valence-corrected chi connectivity index (χ2v) is 5.63. The van der Waals surface area contributed by atoms with Crippen LogP contribution in [0.25, 0.3) is 0 Å². The fourth-order valence-corrected chi connectivity index (χ4v) is 3.27. The molecule has 2 aromatic carbocycles. The molecule has 2 aliphatic heterocycles. The van der Waals surface area contributed by atoms with Gasteiger partial charge >= 0.3 is 5.97 Å². The number of nitrogens with zero attached hydrogens (tertiary/aromatic N) is 1. The lowest BCUT2D eigenvalue weighted by atomic mass is 9.78. The third-order valence-electron chi connectivity index (χ3n) is 4.39. The van der Waals surface area contributed by atoms with Crippen LogP contribution in [0.2, 0.25) is 0 Å². The maximum Gasteiger partial charge on any atom is 0.320 e. The minimum Gasteiger partial charge on any atom is -0.468 e. The van der Waals surface area contributed by atoms with Crippen molar-refractivity contribution in [2.75, 3.05) is 12.4 Å². The van der Waals surface area contributed by atoms with Gasteiger partial charge in [-0.1, -0.05) is 53.7 Å². The predicted molar refractivity (Wildman–Crippen MR) is 86.3 cm³/mol. The first-order valence-corrected chi connectivity index (χ1v) is 7.48. The number of carbonyl (C=O) groups excluding carboxylic acids is 2. The SMILES string of the molecule is COC(=O)[C@@H]1C(c2ccccc2)=NO[C@@]12C(=O)Nc1ccccc12. The molecule has 0 bridgehead atoms. The van der Waals surface area contributed by atoms with Crippen molar-refractivity contribution >= 4 is 23.3 Å². The number of methoxy groups -OCH3 is 1. The maximum absolute atomic E-state index is 12.7. The summed E-state index contributed by atoms with van der Waals surface area (Å²) < 4.78 is 4.96. The van der Waals surface area contributed by atoms with Gasteiger partial charge in [-0.3, -0.25) is 9.59 Å². The molecule has 4 rings (SSSR count). The van der Waals surface area contributed by atoms with E-state index >= 15 is 0 Å². The van der Waals surface area contributed by atoms with E-state index in [1.807, 2.05) is 30.3 Å². The smallest absolute Gasteiger partial charge is 0.320 e. The third-order valence-corrected chi connectivity index (χ3v) is 4.39. The molecule has 6 nitrogen and oxygen atoms in total. The second-order valence-electron chi connectivity index (χ2n) is 5.63. The van der Waals surface area contributed by atoms with E-state index in [0.717, 1.165) is 0 Å². The van der Waals surface area contributed by atoms with Gasteiger partial charge in [-0.25, -0.2) is 0 Å². The van der Waals surface area contributed by atoms with E-state index in [2.05, 4.69) is 10.5 Å². The number of ether oxygens (including phenoxy) is 1. The summed E-state index contributed by atoms with van der Waals surface area (Å²) in [5.74, 6) is -1.97. The highest BCUT2D eigenvalue weighted by Crippen LogP contribution is 2.49. The summed E-state index contributed by atoms with van der Waals surface area (Å²) >= 11 is 0. The van der Waals surface area contributed by atoms with Crippen LogP contribution in [-0.4, -0.2) is 24.7 Å². The van der Waals surface area contributed by atoms with Crippen molar-refractivity contribution < 1.29 is 19.2 Å². The molecule has 0 aliphatic carbocycles. The van der Waals surface area contributed by atoms with Gasteiger partial charge < -0.3 is 14.9 Å². The maximum atomic E-state index is 12.7. The summed E-state index contributed by atoms with van der Waals surface area (Å²) in [5.41, 5.74) is 0.756. The van der Waals surface area contributed by atoms with Gasteiger partial charge in [0.1, 0.15) is 5.71 Å². The van der Waals surface area contributed by atoms with Crippen LogP contribution in [0, 0.1) is 5.92 Å². The largest absolute Gasteiger partial charge is 0.468 e. The van der Waals surface area contributed by atoms with Crippen LogP contribution in [-0.2, 0) is 24.8 Å². The molecule has 2 aromatic rings. The molecule has 0 unspecified atom stereocenters. The average molecular weight is 322 g/mol. The van der Waals surface area contributed by atoms with Gasteiger partial charge in [-0.2, -0.15) is 0 Å². The van der Waals surface area contributed by atoms with E-state index in [1.165, 1.54) is 7.11 Å². The molecule has 1 N–H and O–H groups in total. The van der Waals surface area contributed by atoms with Crippen molar-refractivity contribution in [3.63, 3.8) is 0 Å². The normalized spacial score (nSPS) is 24.1. The second kappa shape index (κ2) is 5.19. The van der Waals surface area contributed by atoms with E-state index in [4.69, 9.17) is 9.57 Å². The Kier molecular flexibility index (Phi) is 3.13. The first kappa shape index (κ1) is 14.4. The molecule has 0 saturated heterocycles. The molecule has 0 aromatic heterocycles. The minimum absolute atomic E-state index is 0.384. The monoisotopic (exact) mass is 322 g/mol. The Labute approximate surface area is 138 Å². The van der Waals surface area contributed by atoms with Crippen LogP contribution in [0.1, 0.15) is 11.1 Å². The van der Waals surface area contributed by atoms with Crippen LogP contribution in [0.15, 0.2) is 59.8 Å². The molecule has 0 saturated carbocycles. The summed E-state index contributed by atoms with van der Waals surface area (Å²) in [7, 11) is 1.29. The van der Waals surface area contributed by atoms with Gasteiger partial charge in [0.15, 0.2) is 5.92 Å². The predicted octanol–water partition coefficient (Wildman–Crippen LogP) is 2.06. The molecular weight excluding hydrogens is 308 g/mol. The van der Waals surface area contributed by atoms with Crippen LogP contribution in [0.4, 0.5) is 5.69 Å². The zero-order chi connectivity index (χ0) is 16.7. The van der Waals surface area contributed by atoms with Gasteiger partial charge in [0.05, 0.1) is 7.11 Å². The zero-order valence-corrected chi connectivity index (χ0v) is 12.9. The molecule has 0 fully saturated rings. The van der Waals surface area contributed by atoms with Gasteiger partial charge in [-0.05, 0) is 6.07 Å². The summed E-state index contributed by atoms with van der Waals surface area (Å²) in [6.45, 7) is 0. The van der Waals surface area contributed by atoms with Crippen molar-refractivity contribution in [2.45, 2.75) is 5.60 Å². The Hall–Kier alpha value is -3.15. The van der Waals surface area contributed by atoms with Gasteiger partial charge in [0.25, 0.3) is 11.5 Å². The first-order chi connectivity index (χ1) is 11.7. The molecule has 1 amide bonds. The van der Waals surface area contributed by atoms with Crippen molar-refractivity contribution in [1.82, 2.24) is 0 Å². The number of para-hydroxylation sites is 1. The number of nitrogens with one attached hydrogen (secondary N) is 1. The molecule has 2 atom stereocenters. The summed E-state index contributed by atoms with van der Waals surface area (Å²) in [6.07, 6.45) is 0. The fourth-order valence-electron chi connectivity index (χ4n) is 3.27. The number of amides is 1. The van der Waals surface area contributed by atoms with E-state index in [9.17, 15) is 9.59 Å². The minimum atomic E-state index is -1.53. The summed E-state index contributed by atoms with van der Waals surface area (Å²) in [5, 5.41) is 6.86. The molecule has 6 heteroatoms. The lowest BCUT2D eigenvalue weighted by Gasteiger charge is -2.25. The lowest BCUT2D eigenvalue weighted by Crippen LogP contribution is -2.47. The Morgan fingerprint density at radius 3 is 2.62 bits per heavy atom. The molecule has 2 aliphatic rings. The fraction of sp³-hybridized carbons (Fsp3) is 0.167. The lowest BCUT2D eigenvalue weighted by molar-refractivity contribution is -0.159. The van der Waals surface area contributed by atoms with Gasteiger partial charge in [0, 0.05) is 16.8 Å². The first-order valence-electron chi connectivity index (χ1n) is 7.48. The number of benzene rings is 2. The van der Waals surface area contributed by atoms with E-state index < -0.39 is 23.4 Å². The van der Waals surface area contributed by atoms with Crippen LogP contribution in [0.3, 0.4) is 0 Å². The van der Waals surface area contributed by atoms with Crippen LogP contribution < -0.4 is 5.32 Å². The summed E-state index contributed by atoms with van der Waals surface area (Å²) in [6, 6.07) is 16.3. The molecule has 24 heavy (non-hydrogen) atoms. The average Bonchev–Trinajstić information content (AvgIpc) is 3.15. The van der Waals surface area contributed by atoms with Crippen LogP contribution in [0.5, 0.6) is 0 Å². The highest BCUT2D eigenvalue weighted by Gasteiger charge is 2.64. The number of hydrogen-bond acceptors (Lipinski definition) is 5. The number of oxime groups is 1. The third kappa shape index (κ3) is 1.79. The van der Waals surface area contributed by atoms with Gasteiger partial charge in [0.2, 0.25) is 0 Å². The van der Waals surface area contributed by atoms with Crippen LogP contribution >= 0.6 is 0 Å². The van der Waals surface area contributed by atoms with E-state index in [1.54, 1.807) is 24.3 Å². The highest BCUT2D eigenvalue weighted by molar-refractivity contribution is 6.20. The van der Waals surface area contributed by atoms with Crippen molar-refractivity contribution in [2.24, 2.45) is 11.1 Å². The van der Waals surface area contributed by atoms with Crippen molar-refractivity contribution in [3.8, 4) is 0 Å². The molecule has 120 valence electrons. The zero-order valence-electron chi connectivity index (χ0n) is 12.9.